The van der Waals surface area contributed by atoms with Gasteiger partial charge in [0.1, 0.15) is 11.6 Å². The number of aliphatic hydroxyl groups excluding tert-OH is 1. The van der Waals surface area contributed by atoms with Crippen LogP contribution in [0.25, 0.3) is 11.1 Å². The summed E-state index contributed by atoms with van der Waals surface area (Å²) in [7, 11) is 0. The lowest BCUT2D eigenvalue weighted by Crippen LogP contribution is -2.29. The van der Waals surface area contributed by atoms with Crippen LogP contribution in [0.1, 0.15) is 69.4 Å². The molecule has 3 heteroatoms. The number of aromatic hydroxyl groups is 1. The number of hydrogen-bond donors (Lipinski definition) is 2. The van der Waals surface area contributed by atoms with Gasteiger partial charge in [-0.1, -0.05) is 68.7 Å². The minimum absolute atomic E-state index is 0.0433. The number of halogens is 1. The van der Waals surface area contributed by atoms with Gasteiger partial charge in [-0.05, 0) is 66.5 Å². The molecule has 2 aliphatic rings. The minimum Gasteiger partial charge on any atom is -0.508 e. The highest BCUT2D eigenvalue weighted by Gasteiger charge is 2.56. The second-order valence-electron chi connectivity index (χ2n) is 9.22. The molecule has 2 N–H and O–H groups in total. The smallest absolute Gasteiger partial charge is 0.127 e. The summed E-state index contributed by atoms with van der Waals surface area (Å²) in [6, 6.07) is 14.5. The van der Waals surface area contributed by atoms with Crippen molar-refractivity contribution in [3.8, 4) is 5.75 Å². The first-order valence-corrected chi connectivity index (χ1v) is 11.6. The molecule has 0 spiro atoms. The normalized spacial score (nSPS) is 25.1. The maximum atomic E-state index is 14.4. The lowest BCUT2D eigenvalue weighted by Gasteiger charge is -2.37. The summed E-state index contributed by atoms with van der Waals surface area (Å²) < 4.78 is 14.4. The van der Waals surface area contributed by atoms with Gasteiger partial charge >= 0.3 is 0 Å². The highest BCUT2D eigenvalue weighted by atomic mass is 19.1. The summed E-state index contributed by atoms with van der Waals surface area (Å²) in [6.45, 7) is 6.74. The van der Waals surface area contributed by atoms with Crippen LogP contribution in [-0.2, 0) is 0 Å². The number of fused-ring (bicyclic) bond motifs is 1. The minimum atomic E-state index is -0.435. The van der Waals surface area contributed by atoms with Gasteiger partial charge in [-0.15, -0.1) is 0 Å². The van der Waals surface area contributed by atoms with E-state index in [9.17, 15) is 14.6 Å². The molecule has 1 fully saturated rings. The highest BCUT2D eigenvalue weighted by Crippen LogP contribution is 2.66. The Morgan fingerprint density at radius 3 is 2.61 bits per heavy atom. The predicted molar refractivity (Wildman–Crippen MR) is 125 cm³/mol. The van der Waals surface area contributed by atoms with Crippen molar-refractivity contribution in [2.75, 3.05) is 0 Å². The summed E-state index contributed by atoms with van der Waals surface area (Å²) in [6.07, 6.45) is 7.50. The maximum absolute atomic E-state index is 14.4. The third-order valence-corrected chi connectivity index (χ3v) is 7.36. The monoisotopic (exact) mass is 420 g/mol. The number of allylic oxidation sites excluding steroid dienone is 3. The molecule has 0 aliphatic heterocycles. The summed E-state index contributed by atoms with van der Waals surface area (Å²) in [5, 5.41) is 21.2. The highest BCUT2D eigenvalue weighted by molar-refractivity contribution is 5.90. The standard InChI is InChI=1S/C28H33FO2/c1-3-4-5-7-12-21-17-25-26(31)13-14-28(25,19(2)20-10-8-6-9-11-20)27(21)22-15-23(29)18-24(30)16-22/h6,8-11,15-16,18,25-26,30-31H,2-5,7,12-14,17H2,1H3/t25-,26+,28-/m0/s1. The second-order valence-corrected chi connectivity index (χ2v) is 9.22. The van der Waals surface area contributed by atoms with Crippen LogP contribution in [0, 0.1) is 17.2 Å². The van der Waals surface area contributed by atoms with E-state index < -0.39 is 17.3 Å². The lowest BCUT2D eigenvalue weighted by atomic mass is 9.66. The molecule has 0 unspecified atom stereocenters. The number of hydrogen-bond acceptors (Lipinski definition) is 2. The Morgan fingerprint density at radius 2 is 1.90 bits per heavy atom. The fourth-order valence-corrected chi connectivity index (χ4v) is 5.99. The van der Waals surface area contributed by atoms with Crippen LogP contribution in [0.5, 0.6) is 5.75 Å². The number of phenolic OH excluding ortho intramolecular Hbond substituents is 1. The molecule has 2 nitrogen and oxygen atoms in total. The van der Waals surface area contributed by atoms with Crippen molar-refractivity contribution < 1.29 is 14.6 Å². The Morgan fingerprint density at radius 1 is 1.13 bits per heavy atom. The third-order valence-electron chi connectivity index (χ3n) is 7.36. The Labute approximate surface area is 185 Å². The average molecular weight is 421 g/mol. The summed E-state index contributed by atoms with van der Waals surface area (Å²) in [5.74, 6) is -0.451. The van der Waals surface area contributed by atoms with Gasteiger partial charge in [0.05, 0.1) is 6.10 Å². The zero-order chi connectivity index (χ0) is 22.0. The van der Waals surface area contributed by atoms with Gasteiger partial charge < -0.3 is 10.2 Å². The van der Waals surface area contributed by atoms with Crippen LogP contribution < -0.4 is 0 Å². The molecular weight excluding hydrogens is 387 g/mol. The molecule has 4 rings (SSSR count). The Kier molecular flexibility index (Phi) is 6.34. The number of aliphatic hydroxyl groups is 1. The molecule has 0 radical (unpaired) electrons. The Bertz CT molecular complexity index is 958. The van der Waals surface area contributed by atoms with Crippen LogP contribution in [-0.4, -0.2) is 16.3 Å². The molecule has 2 aliphatic carbocycles. The molecule has 2 aromatic rings. The number of benzene rings is 2. The van der Waals surface area contributed by atoms with Gasteiger partial charge in [-0.3, -0.25) is 0 Å². The summed E-state index contributed by atoms with van der Waals surface area (Å²) >= 11 is 0. The Balaban J connectivity index is 1.85. The van der Waals surface area contributed by atoms with Gasteiger partial charge in [-0.2, -0.15) is 0 Å². The lowest BCUT2D eigenvalue weighted by molar-refractivity contribution is 0.120. The average Bonchev–Trinajstić information content (AvgIpc) is 3.25. The predicted octanol–water partition coefficient (Wildman–Crippen LogP) is 7.13. The molecule has 3 atom stereocenters. The first-order valence-electron chi connectivity index (χ1n) is 11.6. The van der Waals surface area contributed by atoms with E-state index in [1.54, 1.807) is 6.07 Å². The first kappa shape index (κ1) is 21.8. The Hall–Kier alpha value is -2.39. The van der Waals surface area contributed by atoms with E-state index in [4.69, 9.17) is 0 Å². The van der Waals surface area contributed by atoms with Crippen molar-refractivity contribution in [3.63, 3.8) is 0 Å². The zero-order valence-corrected chi connectivity index (χ0v) is 18.4. The largest absolute Gasteiger partial charge is 0.508 e. The van der Waals surface area contributed by atoms with Gasteiger partial charge in [-0.25, -0.2) is 4.39 Å². The van der Waals surface area contributed by atoms with Gasteiger partial charge in [0.15, 0.2) is 0 Å². The topological polar surface area (TPSA) is 40.5 Å². The molecule has 164 valence electrons. The molecule has 31 heavy (non-hydrogen) atoms. The van der Waals surface area contributed by atoms with Crippen molar-refractivity contribution in [1.29, 1.82) is 0 Å². The quantitative estimate of drug-likeness (QED) is 0.446. The van der Waals surface area contributed by atoms with E-state index in [-0.39, 0.29) is 11.7 Å². The van der Waals surface area contributed by atoms with Crippen LogP contribution in [0.3, 0.4) is 0 Å². The van der Waals surface area contributed by atoms with Crippen molar-refractivity contribution >= 4 is 11.1 Å². The molecule has 0 bridgehead atoms. The SMILES string of the molecule is C=C(c1ccccc1)[C@@]12CC[C@@H](O)[C@@H]1CC(CCCCCC)=C2c1cc(O)cc(F)c1. The molecule has 0 heterocycles. The second kappa shape index (κ2) is 9.00. The fraction of sp³-hybridized carbons (Fsp3) is 0.429. The van der Waals surface area contributed by atoms with E-state index in [1.165, 1.54) is 30.9 Å². The zero-order valence-electron chi connectivity index (χ0n) is 18.4. The maximum Gasteiger partial charge on any atom is 0.127 e. The summed E-state index contributed by atoms with van der Waals surface area (Å²) in [5.41, 5.74) is 4.75. The van der Waals surface area contributed by atoms with Crippen molar-refractivity contribution in [2.45, 2.75) is 64.4 Å². The van der Waals surface area contributed by atoms with Crippen molar-refractivity contribution in [1.82, 2.24) is 0 Å². The molecular formula is C28H33FO2. The van der Waals surface area contributed by atoms with Gasteiger partial charge in [0.25, 0.3) is 0 Å². The molecule has 2 aromatic carbocycles. The number of rotatable bonds is 8. The van der Waals surface area contributed by atoms with Gasteiger partial charge in [0, 0.05) is 17.4 Å². The number of unbranched alkanes of at least 4 members (excludes halogenated alkanes) is 3. The van der Waals surface area contributed by atoms with Crippen LogP contribution in [0.4, 0.5) is 4.39 Å². The van der Waals surface area contributed by atoms with Crippen molar-refractivity contribution in [3.05, 3.63) is 77.6 Å². The van der Waals surface area contributed by atoms with E-state index in [0.29, 0.717) is 6.42 Å². The molecule has 0 amide bonds. The van der Waals surface area contributed by atoms with E-state index >= 15 is 0 Å². The van der Waals surface area contributed by atoms with Crippen LogP contribution >= 0.6 is 0 Å². The van der Waals surface area contributed by atoms with E-state index in [1.807, 2.05) is 18.2 Å². The third kappa shape index (κ3) is 3.96. The summed E-state index contributed by atoms with van der Waals surface area (Å²) in [4.78, 5) is 0. The number of phenols is 1. The van der Waals surface area contributed by atoms with Gasteiger partial charge in [0.2, 0.25) is 0 Å². The van der Waals surface area contributed by atoms with Crippen LogP contribution in [0.15, 0.2) is 60.7 Å². The van der Waals surface area contributed by atoms with E-state index in [0.717, 1.165) is 54.0 Å². The fourth-order valence-electron chi connectivity index (χ4n) is 5.99. The molecule has 0 aromatic heterocycles. The van der Waals surface area contributed by atoms with E-state index in [2.05, 4.69) is 25.6 Å². The molecule has 0 saturated heterocycles. The van der Waals surface area contributed by atoms with Crippen LogP contribution in [0.2, 0.25) is 0 Å². The van der Waals surface area contributed by atoms with Crippen molar-refractivity contribution in [2.24, 2.45) is 11.3 Å². The molecule has 1 saturated carbocycles. The first-order chi connectivity index (χ1) is 15.0.